The van der Waals surface area contributed by atoms with Crippen LogP contribution in [0.15, 0.2) is 24.7 Å². The van der Waals surface area contributed by atoms with Crippen molar-refractivity contribution < 1.29 is 13.2 Å². The first-order valence-corrected chi connectivity index (χ1v) is 6.27. The van der Waals surface area contributed by atoms with E-state index in [-0.39, 0.29) is 12.4 Å². The van der Waals surface area contributed by atoms with Crippen molar-refractivity contribution in [3.05, 3.63) is 35.9 Å². The number of nitrogens with zero attached hydrogens (tertiary/aromatic N) is 4. The van der Waals surface area contributed by atoms with Crippen molar-refractivity contribution in [2.75, 3.05) is 0 Å². The number of hydrogen-bond donors (Lipinski definition) is 1. The van der Waals surface area contributed by atoms with Gasteiger partial charge in [-0.1, -0.05) is 0 Å². The molecule has 0 fully saturated rings. The summed E-state index contributed by atoms with van der Waals surface area (Å²) in [6.45, 7) is 2.77. The summed E-state index contributed by atoms with van der Waals surface area (Å²) < 4.78 is 39.2. The molecule has 118 valence electrons. The molecule has 0 saturated heterocycles. The Morgan fingerprint density at radius 2 is 2.00 bits per heavy atom. The van der Waals surface area contributed by atoms with Crippen LogP contribution in [-0.4, -0.2) is 25.7 Å². The lowest BCUT2D eigenvalue weighted by molar-refractivity contribution is -0.142. The molecule has 21 heavy (non-hydrogen) atoms. The molecule has 2 heterocycles. The fourth-order valence-electron chi connectivity index (χ4n) is 1.78. The van der Waals surface area contributed by atoms with E-state index < -0.39 is 12.7 Å². The van der Waals surface area contributed by atoms with Gasteiger partial charge in [-0.15, -0.1) is 12.4 Å². The van der Waals surface area contributed by atoms with Crippen molar-refractivity contribution in [1.82, 2.24) is 24.9 Å². The summed E-state index contributed by atoms with van der Waals surface area (Å²) in [5, 5.41) is 11.1. The highest BCUT2D eigenvalue weighted by atomic mass is 35.5. The number of hydrogen-bond acceptors (Lipinski definition) is 3. The third-order valence-corrected chi connectivity index (χ3v) is 2.68. The van der Waals surface area contributed by atoms with Gasteiger partial charge in [-0.25, -0.2) is 0 Å². The van der Waals surface area contributed by atoms with E-state index >= 15 is 0 Å². The van der Waals surface area contributed by atoms with Gasteiger partial charge in [0.05, 0.1) is 11.9 Å². The van der Waals surface area contributed by atoms with Crippen molar-refractivity contribution in [2.45, 2.75) is 39.3 Å². The predicted molar refractivity (Wildman–Crippen MR) is 74.0 cm³/mol. The van der Waals surface area contributed by atoms with Gasteiger partial charge in [0.2, 0.25) is 0 Å². The van der Waals surface area contributed by atoms with Crippen LogP contribution in [0.25, 0.3) is 0 Å². The SMILES string of the molecule is CCn1ccc(CNCc2cnn(CC(F)(F)F)c2)n1.Cl. The van der Waals surface area contributed by atoms with Crippen molar-refractivity contribution in [1.29, 1.82) is 0 Å². The van der Waals surface area contributed by atoms with Crippen molar-refractivity contribution in [3.63, 3.8) is 0 Å². The average molecular weight is 324 g/mol. The molecule has 0 bridgehead atoms. The predicted octanol–water partition coefficient (Wildman–Crippen LogP) is 2.37. The molecule has 0 saturated carbocycles. The van der Waals surface area contributed by atoms with E-state index in [0.717, 1.165) is 16.9 Å². The van der Waals surface area contributed by atoms with E-state index in [1.165, 1.54) is 12.4 Å². The second kappa shape index (κ2) is 7.46. The highest BCUT2D eigenvalue weighted by molar-refractivity contribution is 5.85. The van der Waals surface area contributed by atoms with Crippen LogP contribution in [0.1, 0.15) is 18.2 Å². The minimum Gasteiger partial charge on any atom is -0.307 e. The van der Waals surface area contributed by atoms with Crippen molar-refractivity contribution >= 4 is 12.4 Å². The van der Waals surface area contributed by atoms with Crippen LogP contribution in [0, 0.1) is 0 Å². The lowest BCUT2D eigenvalue weighted by Gasteiger charge is -2.05. The summed E-state index contributed by atoms with van der Waals surface area (Å²) in [5.41, 5.74) is 1.61. The Morgan fingerprint density at radius 3 is 2.62 bits per heavy atom. The summed E-state index contributed by atoms with van der Waals surface area (Å²) in [4.78, 5) is 0. The fraction of sp³-hybridized carbons (Fsp3) is 0.500. The Morgan fingerprint density at radius 1 is 1.24 bits per heavy atom. The summed E-state index contributed by atoms with van der Waals surface area (Å²) >= 11 is 0. The quantitative estimate of drug-likeness (QED) is 0.888. The molecule has 0 aliphatic carbocycles. The van der Waals surface area contributed by atoms with Gasteiger partial charge in [0, 0.05) is 37.6 Å². The Kier molecular flexibility index (Phi) is 6.22. The van der Waals surface area contributed by atoms with Crippen LogP contribution in [-0.2, 0) is 26.2 Å². The standard InChI is InChI=1S/C12H16F3N5.ClH/c1-2-19-4-3-11(18-19)7-16-5-10-6-17-20(8-10)9-12(13,14)15;/h3-4,6,8,16H,2,5,7,9H2,1H3;1H. The second-order valence-electron chi connectivity index (χ2n) is 4.43. The zero-order chi connectivity index (χ0) is 14.6. The Labute approximate surface area is 126 Å². The first-order valence-electron chi connectivity index (χ1n) is 6.27. The Bertz CT molecular complexity index is 549. The summed E-state index contributed by atoms with van der Waals surface area (Å²) in [7, 11) is 0. The van der Waals surface area contributed by atoms with Crippen molar-refractivity contribution in [3.8, 4) is 0 Å². The van der Waals surface area contributed by atoms with Crippen LogP contribution in [0.4, 0.5) is 13.2 Å². The maximum Gasteiger partial charge on any atom is 0.408 e. The number of rotatable bonds is 6. The second-order valence-corrected chi connectivity index (χ2v) is 4.43. The number of aromatic nitrogens is 4. The Hall–Kier alpha value is -1.54. The summed E-state index contributed by atoms with van der Waals surface area (Å²) in [5.74, 6) is 0. The van der Waals surface area contributed by atoms with E-state index in [1.807, 2.05) is 23.9 Å². The minimum absolute atomic E-state index is 0. The molecule has 5 nitrogen and oxygen atoms in total. The molecule has 0 aliphatic rings. The molecule has 2 aromatic rings. The molecule has 9 heteroatoms. The molecule has 2 aromatic heterocycles. The number of halogens is 4. The molecule has 0 unspecified atom stereocenters. The monoisotopic (exact) mass is 323 g/mol. The maximum atomic E-state index is 12.2. The van der Waals surface area contributed by atoms with Crippen LogP contribution in [0.5, 0.6) is 0 Å². The molecule has 0 amide bonds. The lowest BCUT2D eigenvalue weighted by Crippen LogP contribution is -2.18. The Balaban J connectivity index is 0.00000220. The largest absolute Gasteiger partial charge is 0.408 e. The van der Waals surface area contributed by atoms with E-state index in [2.05, 4.69) is 15.5 Å². The molecule has 0 atom stereocenters. The lowest BCUT2D eigenvalue weighted by atomic mass is 10.3. The van der Waals surface area contributed by atoms with Crippen molar-refractivity contribution in [2.24, 2.45) is 0 Å². The first kappa shape index (κ1) is 17.5. The molecule has 0 aromatic carbocycles. The average Bonchev–Trinajstić information content (AvgIpc) is 2.97. The van der Waals surface area contributed by atoms with Gasteiger partial charge >= 0.3 is 6.18 Å². The minimum atomic E-state index is -4.25. The van der Waals surface area contributed by atoms with Gasteiger partial charge in [0.15, 0.2) is 0 Å². The van der Waals surface area contributed by atoms with Crippen LogP contribution < -0.4 is 5.32 Å². The number of alkyl halides is 3. The van der Waals surface area contributed by atoms with E-state index in [0.29, 0.717) is 18.7 Å². The van der Waals surface area contributed by atoms with Gasteiger partial charge < -0.3 is 5.32 Å². The van der Waals surface area contributed by atoms with E-state index in [4.69, 9.17) is 0 Å². The van der Waals surface area contributed by atoms with E-state index in [1.54, 1.807) is 0 Å². The highest BCUT2D eigenvalue weighted by Crippen LogP contribution is 2.17. The maximum absolute atomic E-state index is 12.2. The molecule has 0 spiro atoms. The third kappa shape index (κ3) is 5.76. The van der Waals surface area contributed by atoms with Crippen LogP contribution in [0.2, 0.25) is 0 Å². The summed E-state index contributed by atoms with van der Waals surface area (Å²) in [6, 6.07) is 1.91. The molecule has 1 N–H and O–H groups in total. The number of aryl methyl sites for hydroxylation is 1. The van der Waals surface area contributed by atoms with Crippen LogP contribution >= 0.6 is 12.4 Å². The topological polar surface area (TPSA) is 47.7 Å². The van der Waals surface area contributed by atoms with Gasteiger partial charge in [-0.2, -0.15) is 23.4 Å². The molecule has 2 rings (SSSR count). The molecular formula is C12H17ClF3N5. The zero-order valence-corrected chi connectivity index (χ0v) is 12.3. The third-order valence-electron chi connectivity index (χ3n) is 2.68. The summed E-state index contributed by atoms with van der Waals surface area (Å²) in [6.07, 6.45) is 0.469. The first-order chi connectivity index (χ1) is 9.46. The fourth-order valence-corrected chi connectivity index (χ4v) is 1.78. The van der Waals surface area contributed by atoms with Gasteiger partial charge in [0.1, 0.15) is 6.54 Å². The number of nitrogens with one attached hydrogen (secondary N) is 1. The van der Waals surface area contributed by atoms with Gasteiger partial charge in [-0.3, -0.25) is 9.36 Å². The molecule has 0 aliphatic heterocycles. The van der Waals surface area contributed by atoms with Gasteiger partial charge in [-0.05, 0) is 13.0 Å². The van der Waals surface area contributed by atoms with E-state index in [9.17, 15) is 13.2 Å². The van der Waals surface area contributed by atoms with Gasteiger partial charge in [0.25, 0.3) is 0 Å². The smallest absolute Gasteiger partial charge is 0.307 e. The molecular weight excluding hydrogens is 307 g/mol. The normalized spacial score (nSPS) is 11.4. The zero-order valence-electron chi connectivity index (χ0n) is 11.5. The highest BCUT2D eigenvalue weighted by Gasteiger charge is 2.28. The van der Waals surface area contributed by atoms with Crippen LogP contribution in [0.3, 0.4) is 0 Å². The molecule has 0 radical (unpaired) electrons.